The summed E-state index contributed by atoms with van der Waals surface area (Å²) in [7, 11) is 0. The summed E-state index contributed by atoms with van der Waals surface area (Å²) in [6.45, 7) is 1.92. The first-order valence-corrected chi connectivity index (χ1v) is 9.84. The van der Waals surface area contributed by atoms with Gasteiger partial charge >= 0.3 is 5.69 Å². The number of nitrogens with zero attached hydrogens (tertiary/aromatic N) is 2. The predicted molar refractivity (Wildman–Crippen MR) is 120 cm³/mol. The Morgan fingerprint density at radius 2 is 1.77 bits per heavy atom. The highest BCUT2D eigenvalue weighted by molar-refractivity contribution is 5.93. The summed E-state index contributed by atoms with van der Waals surface area (Å²) >= 11 is 0. The molecule has 0 unspecified atom stereocenters. The van der Waals surface area contributed by atoms with Gasteiger partial charge in [-0.1, -0.05) is 48.5 Å². The van der Waals surface area contributed by atoms with E-state index in [1.165, 1.54) is 10.6 Å². The molecule has 0 bridgehead atoms. The number of para-hydroxylation sites is 1. The highest BCUT2D eigenvalue weighted by atomic mass is 19.1. The van der Waals surface area contributed by atoms with Gasteiger partial charge < -0.3 is 10.6 Å². The number of hydrogen-bond donors (Lipinski definition) is 2. The molecular formula is C24H21FN4O2. The maximum Gasteiger partial charge on any atom is 0.350 e. The lowest BCUT2D eigenvalue weighted by atomic mass is 10.2. The van der Waals surface area contributed by atoms with Crippen molar-refractivity contribution in [2.24, 2.45) is 0 Å². The molecule has 0 atom stereocenters. The summed E-state index contributed by atoms with van der Waals surface area (Å²) in [5.41, 5.74) is 1.92. The van der Waals surface area contributed by atoms with Crippen LogP contribution in [-0.4, -0.2) is 15.5 Å². The van der Waals surface area contributed by atoms with E-state index in [0.717, 1.165) is 10.9 Å². The van der Waals surface area contributed by atoms with E-state index in [-0.39, 0.29) is 6.54 Å². The summed E-state index contributed by atoms with van der Waals surface area (Å²) in [6.07, 6.45) is 0. The van der Waals surface area contributed by atoms with Gasteiger partial charge in [0.15, 0.2) is 0 Å². The number of carbonyl (C=O) groups excluding carboxylic acids is 1. The first-order chi connectivity index (χ1) is 15.0. The average Bonchev–Trinajstić information content (AvgIpc) is 2.78. The van der Waals surface area contributed by atoms with E-state index in [1.54, 1.807) is 31.2 Å². The lowest BCUT2D eigenvalue weighted by Gasteiger charge is -2.14. The average molecular weight is 416 g/mol. The van der Waals surface area contributed by atoms with Crippen molar-refractivity contribution in [1.29, 1.82) is 0 Å². The smallest absolute Gasteiger partial charge is 0.350 e. The van der Waals surface area contributed by atoms with Gasteiger partial charge in [-0.3, -0.25) is 9.36 Å². The molecule has 0 aliphatic carbocycles. The van der Waals surface area contributed by atoms with Crippen molar-refractivity contribution in [2.75, 3.05) is 10.6 Å². The van der Waals surface area contributed by atoms with E-state index >= 15 is 0 Å². The number of fused-ring (bicyclic) bond motifs is 1. The first-order valence-electron chi connectivity index (χ1n) is 9.84. The molecule has 4 rings (SSSR count). The standard InChI is InChI=1S/C24H21FN4O2/c1-16-11-12-18(13-20(16)25)27-22(30)15-29-21-10-6-5-9-19(21)23(28-24(29)31)26-14-17-7-3-2-4-8-17/h2-13H,14-15H2,1H3,(H,27,30)(H,26,28,31). The third-order valence-corrected chi connectivity index (χ3v) is 4.95. The molecule has 0 spiro atoms. The van der Waals surface area contributed by atoms with Crippen LogP contribution in [0, 0.1) is 12.7 Å². The van der Waals surface area contributed by atoms with E-state index in [9.17, 15) is 14.0 Å². The third-order valence-electron chi connectivity index (χ3n) is 4.95. The highest BCUT2D eigenvalue weighted by Crippen LogP contribution is 2.20. The van der Waals surface area contributed by atoms with Crippen LogP contribution in [0.4, 0.5) is 15.9 Å². The number of carbonyl (C=O) groups is 1. The summed E-state index contributed by atoms with van der Waals surface area (Å²) in [6, 6.07) is 21.5. The molecule has 0 radical (unpaired) electrons. The molecule has 1 heterocycles. The summed E-state index contributed by atoms with van der Waals surface area (Å²) in [5.74, 6) is -0.389. The van der Waals surface area contributed by atoms with Crippen LogP contribution < -0.4 is 16.3 Å². The molecule has 156 valence electrons. The second kappa shape index (κ2) is 8.79. The Hall–Kier alpha value is -4.00. The van der Waals surface area contributed by atoms with E-state index in [1.807, 2.05) is 42.5 Å². The molecule has 6 nitrogen and oxygen atoms in total. The number of rotatable bonds is 6. The highest BCUT2D eigenvalue weighted by Gasteiger charge is 2.13. The summed E-state index contributed by atoms with van der Waals surface area (Å²) in [5, 5.41) is 6.57. The Morgan fingerprint density at radius 3 is 2.55 bits per heavy atom. The number of amides is 1. The third kappa shape index (κ3) is 4.61. The fourth-order valence-electron chi connectivity index (χ4n) is 3.31. The molecule has 0 aliphatic rings. The zero-order valence-corrected chi connectivity index (χ0v) is 16.9. The van der Waals surface area contributed by atoms with Crippen LogP contribution in [0.25, 0.3) is 10.9 Å². The molecule has 2 N–H and O–H groups in total. The fourth-order valence-corrected chi connectivity index (χ4v) is 3.31. The molecule has 7 heteroatoms. The van der Waals surface area contributed by atoms with Crippen molar-refractivity contribution in [3.8, 4) is 0 Å². The zero-order valence-electron chi connectivity index (χ0n) is 16.9. The largest absolute Gasteiger partial charge is 0.365 e. The maximum absolute atomic E-state index is 13.7. The van der Waals surface area contributed by atoms with Gasteiger partial charge in [0.2, 0.25) is 5.91 Å². The molecule has 3 aromatic carbocycles. The van der Waals surface area contributed by atoms with E-state index < -0.39 is 17.4 Å². The van der Waals surface area contributed by atoms with Crippen molar-refractivity contribution in [3.63, 3.8) is 0 Å². The zero-order chi connectivity index (χ0) is 21.8. The van der Waals surface area contributed by atoms with Crippen molar-refractivity contribution in [2.45, 2.75) is 20.0 Å². The second-order valence-corrected chi connectivity index (χ2v) is 7.20. The molecule has 31 heavy (non-hydrogen) atoms. The van der Waals surface area contributed by atoms with Gasteiger partial charge in [-0.2, -0.15) is 4.98 Å². The van der Waals surface area contributed by atoms with E-state index in [0.29, 0.717) is 29.1 Å². The van der Waals surface area contributed by atoms with E-state index in [4.69, 9.17) is 0 Å². The minimum Gasteiger partial charge on any atom is -0.365 e. The molecule has 1 aromatic heterocycles. The molecule has 1 amide bonds. The molecule has 0 saturated carbocycles. The quantitative estimate of drug-likeness (QED) is 0.496. The second-order valence-electron chi connectivity index (χ2n) is 7.20. The van der Waals surface area contributed by atoms with Gasteiger partial charge in [-0.25, -0.2) is 9.18 Å². The van der Waals surface area contributed by atoms with E-state index in [2.05, 4.69) is 15.6 Å². The van der Waals surface area contributed by atoms with Crippen LogP contribution in [0.5, 0.6) is 0 Å². The maximum atomic E-state index is 13.7. The monoisotopic (exact) mass is 416 g/mol. The Labute approximate surface area is 178 Å². The summed E-state index contributed by atoms with van der Waals surface area (Å²) in [4.78, 5) is 29.4. The van der Waals surface area contributed by atoms with Gasteiger partial charge in [-0.15, -0.1) is 0 Å². The molecule has 0 aliphatic heterocycles. The van der Waals surface area contributed by atoms with Gasteiger partial charge in [0.05, 0.1) is 5.52 Å². The number of halogens is 1. The number of benzene rings is 3. The van der Waals surface area contributed by atoms with Gasteiger partial charge in [0.1, 0.15) is 18.2 Å². The number of nitrogens with one attached hydrogen (secondary N) is 2. The van der Waals surface area contributed by atoms with Crippen LogP contribution >= 0.6 is 0 Å². The predicted octanol–water partition coefficient (Wildman–Crippen LogP) is 4.09. The first kappa shape index (κ1) is 20.3. The van der Waals surface area contributed by atoms with Crippen LogP contribution in [-0.2, 0) is 17.9 Å². The van der Waals surface area contributed by atoms with Crippen molar-refractivity contribution in [3.05, 3.63) is 100 Å². The van der Waals surface area contributed by atoms with Gasteiger partial charge in [-0.05, 0) is 42.3 Å². The number of aryl methyl sites for hydroxylation is 1. The minimum absolute atomic E-state index is 0.235. The normalized spacial score (nSPS) is 10.8. The molecule has 4 aromatic rings. The number of aromatic nitrogens is 2. The number of anilines is 2. The van der Waals surface area contributed by atoms with Gasteiger partial charge in [0, 0.05) is 17.6 Å². The Balaban J connectivity index is 1.59. The SMILES string of the molecule is Cc1ccc(NC(=O)Cn2c(=O)nc(NCc3ccccc3)c3ccccc32)cc1F. The molecular weight excluding hydrogens is 395 g/mol. The van der Waals surface area contributed by atoms with Crippen molar-refractivity contribution >= 4 is 28.3 Å². The van der Waals surface area contributed by atoms with Crippen LogP contribution in [0.2, 0.25) is 0 Å². The number of hydrogen-bond acceptors (Lipinski definition) is 4. The Kier molecular flexibility index (Phi) is 5.75. The van der Waals surface area contributed by atoms with Crippen LogP contribution in [0.15, 0.2) is 77.6 Å². The Morgan fingerprint density at radius 1 is 1.03 bits per heavy atom. The van der Waals surface area contributed by atoms with Crippen molar-refractivity contribution in [1.82, 2.24) is 9.55 Å². The minimum atomic E-state index is -0.542. The lowest BCUT2D eigenvalue weighted by Crippen LogP contribution is -2.30. The Bertz CT molecular complexity index is 1300. The fraction of sp³-hybridized carbons (Fsp3) is 0.125. The van der Waals surface area contributed by atoms with Crippen LogP contribution in [0.1, 0.15) is 11.1 Å². The molecule has 0 fully saturated rings. The lowest BCUT2D eigenvalue weighted by molar-refractivity contribution is -0.116. The summed E-state index contributed by atoms with van der Waals surface area (Å²) < 4.78 is 15.1. The van der Waals surface area contributed by atoms with Crippen LogP contribution in [0.3, 0.4) is 0 Å². The topological polar surface area (TPSA) is 76.0 Å². The van der Waals surface area contributed by atoms with Crippen molar-refractivity contribution < 1.29 is 9.18 Å². The van der Waals surface area contributed by atoms with Gasteiger partial charge in [0.25, 0.3) is 0 Å². The molecule has 0 saturated heterocycles.